The van der Waals surface area contributed by atoms with Gasteiger partial charge >= 0.3 is 5.63 Å². The Hall–Kier alpha value is -3.13. The maximum atomic E-state index is 12.3. The van der Waals surface area contributed by atoms with Crippen LogP contribution in [0.3, 0.4) is 0 Å². The smallest absolute Gasteiger partial charge is 0.336 e. The SMILES string of the molecule is O=c1cc(C2c3ccccc3CCc3ccccc32)c2ccccc2o1. The van der Waals surface area contributed by atoms with Crippen molar-refractivity contribution >= 4 is 11.0 Å². The van der Waals surface area contributed by atoms with Gasteiger partial charge in [-0.2, -0.15) is 0 Å². The molecule has 5 rings (SSSR count). The average Bonchev–Trinajstić information content (AvgIpc) is 2.84. The number of benzene rings is 3. The average molecular weight is 338 g/mol. The lowest BCUT2D eigenvalue weighted by Crippen LogP contribution is -2.10. The summed E-state index contributed by atoms with van der Waals surface area (Å²) in [6.07, 6.45) is 2.03. The molecule has 0 radical (unpaired) electrons. The summed E-state index contributed by atoms with van der Waals surface area (Å²) in [5.41, 5.74) is 6.66. The molecule has 0 unspecified atom stereocenters. The molecular formula is C24H18O2. The van der Waals surface area contributed by atoms with E-state index in [1.807, 2.05) is 24.3 Å². The second-order valence-corrected chi connectivity index (χ2v) is 6.85. The predicted octanol–water partition coefficient (Wildman–Crippen LogP) is 5.07. The van der Waals surface area contributed by atoms with Crippen LogP contribution in [-0.4, -0.2) is 0 Å². The molecule has 0 saturated heterocycles. The molecular weight excluding hydrogens is 320 g/mol. The van der Waals surface area contributed by atoms with Crippen molar-refractivity contribution in [1.82, 2.24) is 0 Å². The van der Waals surface area contributed by atoms with Crippen LogP contribution in [-0.2, 0) is 12.8 Å². The maximum absolute atomic E-state index is 12.3. The van der Waals surface area contributed by atoms with E-state index in [4.69, 9.17) is 4.42 Å². The summed E-state index contributed by atoms with van der Waals surface area (Å²) in [6.45, 7) is 0. The van der Waals surface area contributed by atoms with Gasteiger partial charge in [0, 0.05) is 17.4 Å². The van der Waals surface area contributed by atoms with Gasteiger partial charge in [0.1, 0.15) is 5.58 Å². The van der Waals surface area contributed by atoms with Gasteiger partial charge in [0.25, 0.3) is 0 Å². The molecule has 1 aliphatic rings. The summed E-state index contributed by atoms with van der Waals surface area (Å²) in [7, 11) is 0. The van der Waals surface area contributed by atoms with Crippen LogP contribution in [0.4, 0.5) is 0 Å². The number of para-hydroxylation sites is 1. The number of hydrogen-bond acceptors (Lipinski definition) is 2. The van der Waals surface area contributed by atoms with Crippen LogP contribution in [0.1, 0.15) is 33.7 Å². The molecule has 0 fully saturated rings. The molecule has 0 saturated carbocycles. The van der Waals surface area contributed by atoms with Crippen LogP contribution in [0.5, 0.6) is 0 Å². The first-order valence-electron chi connectivity index (χ1n) is 8.99. The third kappa shape index (κ3) is 2.38. The summed E-state index contributed by atoms with van der Waals surface area (Å²) < 4.78 is 5.44. The highest BCUT2D eigenvalue weighted by Crippen LogP contribution is 2.40. The zero-order valence-corrected chi connectivity index (χ0v) is 14.3. The largest absolute Gasteiger partial charge is 0.423 e. The van der Waals surface area contributed by atoms with Crippen LogP contribution in [0, 0.1) is 0 Å². The monoisotopic (exact) mass is 338 g/mol. The standard InChI is InChI=1S/C24H18O2/c25-23-15-21(20-11-5-6-12-22(20)26-23)24-18-9-3-1-7-16(18)13-14-17-8-2-4-10-19(17)24/h1-12,15,24H,13-14H2. The second kappa shape index (κ2) is 5.99. The number of rotatable bonds is 1. The Morgan fingerprint density at radius 1 is 0.692 bits per heavy atom. The molecule has 0 spiro atoms. The summed E-state index contributed by atoms with van der Waals surface area (Å²) >= 11 is 0. The van der Waals surface area contributed by atoms with E-state index >= 15 is 0 Å². The molecule has 3 aromatic carbocycles. The molecule has 0 aliphatic heterocycles. The first-order chi connectivity index (χ1) is 12.8. The first kappa shape index (κ1) is 15.2. The zero-order chi connectivity index (χ0) is 17.5. The van der Waals surface area contributed by atoms with Crippen LogP contribution in [0.2, 0.25) is 0 Å². The molecule has 0 N–H and O–H groups in total. The van der Waals surface area contributed by atoms with Gasteiger partial charge in [-0.25, -0.2) is 4.79 Å². The van der Waals surface area contributed by atoms with Gasteiger partial charge in [-0.05, 0) is 46.7 Å². The van der Waals surface area contributed by atoms with Gasteiger partial charge in [0.2, 0.25) is 0 Å². The fourth-order valence-electron chi connectivity index (χ4n) is 4.23. The first-order valence-corrected chi connectivity index (χ1v) is 8.99. The van der Waals surface area contributed by atoms with E-state index in [1.165, 1.54) is 22.3 Å². The molecule has 126 valence electrons. The van der Waals surface area contributed by atoms with Gasteiger partial charge < -0.3 is 4.42 Å². The highest BCUT2D eigenvalue weighted by atomic mass is 16.4. The summed E-state index contributed by atoms with van der Waals surface area (Å²) in [6, 6.07) is 26.7. The summed E-state index contributed by atoms with van der Waals surface area (Å²) in [4.78, 5) is 12.3. The third-order valence-electron chi connectivity index (χ3n) is 5.39. The van der Waals surface area contributed by atoms with E-state index in [-0.39, 0.29) is 11.5 Å². The van der Waals surface area contributed by atoms with E-state index < -0.39 is 0 Å². The molecule has 0 amide bonds. The van der Waals surface area contributed by atoms with Gasteiger partial charge in [-0.3, -0.25) is 0 Å². The van der Waals surface area contributed by atoms with Gasteiger partial charge in [-0.1, -0.05) is 66.7 Å². The minimum absolute atomic E-state index is 0.0406. The van der Waals surface area contributed by atoms with Gasteiger partial charge in [-0.15, -0.1) is 0 Å². The van der Waals surface area contributed by atoms with Crippen molar-refractivity contribution in [1.29, 1.82) is 0 Å². The van der Waals surface area contributed by atoms with Crippen LogP contribution in [0.25, 0.3) is 11.0 Å². The molecule has 2 nitrogen and oxygen atoms in total. The van der Waals surface area contributed by atoms with Gasteiger partial charge in [0.15, 0.2) is 0 Å². The molecule has 1 heterocycles. The van der Waals surface area contributed by atoms with Crippen molar-refractivity contribution in [3.05, 3.63) is 117 Å². The number of fused-ring (bicyclic) bond motifs is 3. The lowest BCUT2D eigenvalue weighted by molar-refractivity contribution is 0.558. The Labute approximate surface area is 151 Å². The van der Waals surface area contributed by atoms with Crippen LogP contribution < -0.4 is 5.63 Å². The predicted molar refractivity (Wildman–Crippen MR) is 104 cm³/mol. The minimum atomic E-state index is -0.294. The van der Waals surface area contributed by atoms with Crippen molar-refractivity contribution in [3.8, 4) is 0 Å². The Kier molecular flexibility index (Phi) is 3.49. The van der Waals surface area contributed by atoms with Gasteiger partial charge in [0.05, 0.1) is 0 Å². The number of hydrogen-bond donors (Lipinski definition) is 0. The second-order valence-electron chi connectivity index (χ2n) is 6.85. The molecule has 4 aromatic rings. The van der Waals surface area contributed by atoms with E-state index in [1.54, 1.807) is 6.07 Å². The number of aryl methyl sites for hydroxylation is 2. The zero-order valence-electron chi connectivity index (χ0n) is 14.3. The van der Waals surface area contributed by atoms with E-state index in [2.05, 4.69) is 48.5 Å². The highest BCUT2D eigenvalue weighted by molar-refractivity contribution is 5.82. The molecule has 2 heteroatoms. The Morgan fingerprint density at radius 3 is 1.96 bits per heavy atom. The van der Waals surface area contributed by atoms with Crippen molar-refractivity contribution in [2.75, 3.05) is 0 Å². The van der Waals surface area contributed by atoms with E-state index in [9.17, 15) is 4.79 Å². The molecule has 0 bridgehead atoms. The molecule has 26 heavy (non-hydrogen) atoms. The van der Waals surface area contributed by atoms with E-state index in [0.29, 0.717) is 5.58 Å². The lowest BCUT2D eigenvalue weighted by atomic mass is 9.82. The van der Waals surface area contributed by atoms with Crippen molar-refractivity contribution in [2.45, 2.75) is 18.8 Å². The Balaban J connectivity index is 1.89. The normalized spacial score (nSPS) is 13.8. The fourth-order valence-corrected chi connectivity index (χ4v) is 4.23. The van der Waals surface area contributed by atoms with Crippen molar-refractivity contribution in [2.24, 2.45) is 0 Å². The quantitative estimate of drug-likeness (QED) is 0.454. The lowest BCUT2D eigenvalue weighted by Gasteiger charge is -2.22. The van der Waals surface area contributed by atoms with Crippen molar-refractivity contribution < 1.29 is 4.42 Å². The fraction of sp³-hybridized carbons (Fsp3) is 0.125. The maximum Gasteiger partial charge on any atom is 0.336 e. The minimum Gasteiger partial charge on any atom is -0.423 e. The van der Waals surface area contributed by atoms with E-state index in [0.717, 1.165) is 23.8 Å². The third-order valence-corrected chi connectivity index (χ3v) is 5.39. The van der Waals surface area contributed by atoms with Crippen LogP contribution >= 0.6 is 0 Å². The summed E-state index contributed by atoms with van der Waals surface area (Å²) in [5, 5.41) is 1.00. The topological polar surface area (TPSA) is 30.2 Å². The van der Waals surface area contributed by atoms with Crippen LogP contribution in [0.15, 0.2) is 88.1 Å². The Bertz CT molecular complexity index is 1120. The molecule has 0 atom stereocenters. The van der Waals surface area contributed by atoms with Crippen molar-refractivity contribution in [3.63, 3.8) is 0 Å². The molecule has 1 aliphatic carbocycles. The Morgan fingerprint density at radius 2 is 1.27 bits per heavy atom. The summed E-state index contributed by atoms with van der Waals surface area (Å²) in [5.74, 6) is 0.0406. The molecule has 1 aromatic heterocycles. The highest BCUT2D eigenvalue weighted by Gasteiger charge is 2.26.